The number of fused-ring (bicyclic) bond motifs is 1. The highest BCUT2D eigenvalue weighted by Crippen LogP contribution is 2.23. The number of carbonyl (C=O) groups is 1. The molecule has 0 radical (unpaired) electrons. The van der Waals surface area contributed by atoms with Gasteiger partial charge in [-0.15, -0.1) is 0 Å². The lowest BCUT2D eigenvalue weighted by Gasteiger charge is -2.03. The number of ketones is 1. The first-order valence-corrected chi connectivity index (χ1v) is 9.22. The third-order valence-corrected chi connectivity index (χ3v) is 5.36. The molecule has 0 aliphatic heterocycles. The first-order valence-electron chi connectivity index (χ1n) is 7.54. The molecule has 0 aliphatic carbocycles. The summed E-state index contributed by atoms with van der Waals surface area (Å²) in [6, 6.07) is 17.7. The molecule has 0 fully saturated rings. The van der Waals surface area contributed by atoms with Crippen molar-refractivity contribution in [1.82, 2.24) is 4.57 Å². The molecule has 0 aliphatic rings. The number of benzene rings is 2. The number of hydrogen-bond donors (Lipinski definition) is 0. The van der Waals surface area contributed by atoms with Crippen molar-refractivity contribution < 1.29 is 26.2 Å². The molecule has 0 amide bonds. The van der Waals surface area contributed by atoms with Gasteiger partial charge in [-0.05, 0) is 12.1 Å². The summed E-state index contributed by atoms with van der Waals surface area (Å²) in [5.74, 6) is 0.103. The van der Waals surface area contributed by atoms with Crippen LogP contribution >= 0.6 is 27.3 Å². The zero-order valence-corrected chi connectivity index (χ0v) is 17.1. The fourth-order valence-corrected chi connectivity index (χ4v) is 3.85. The third kappa shape index (κ3) is 3.61. The van der Waals surface area contributed by atoms with Gasteiger partial charge in [0.25, 0.3) is 0 Å². The number of nitrogens with zero attached hydrogens (tertiary/aromatic N) is 2. The smallest absolute Gasteiger partial charge is 0.346 e. The lowest BCUT2D eigenvalue weighted by molar-refractivity contribution is -0.505. The van der Waals surface area contributed by atoms with E-state index in [1.807, 2.05) is 54.0 Å². The number of carbonyl (C=O) groups excluding carboxylic acids is 1. The number of imidazole rings is 1. The van der Waals surface area contributed by atoms with E-state index in [4.69, 9.17) is 0 Å². The largest absolute Gasteiger partial charge is 1.00 e. The van der Waals surface area contributed by atoms with Crippen LogP contribution in [0.1, 0.15) is 10.4 Å². The number of hydrogen-bond acceptors (Lipinski definition) is 2. The van der Waals surface area contributed by atoms with E-state index < -0.39 is 0 Å². The normalized spacial score (nSPS) is 10.6. The Bertz CT molecular complexity index is 1010. The Kier molecular flexibility index (Phi) is 5.51. The van der Waals surface area contributed by atoms with Gasteiger partial charge in [-0.25, -0.2) is 4.57 Å². The van der Waals surface area contributed by atoms with Gasteiger partial charge >= 0.3 is 4.96 Å². The monoisotopic (exact) mass is 476 g/mol. The zero-order chi connectivity index (χ0) is 16.5. The summed E-state index contributed by atoms with van der Waals surface area (Å²) in [4.78, 5) is 13.8. The van der Waals surface area contributed by atoms with Crippen molar-refractivity contribution in [2.75, 3.05) is 0 Å². The van der Waals surface area contributed by atoms with E-state index in [1.165, 1.54) is 0 Å². The summed E-state index contributed by atoms with van der Waals surface area (Å²) in [7, 11) is 0. The van der Waals surface area contributed by atoms with Gasteiger partial charge < -0.3 is 17.0 Å². The third-order valence-electron chi connectivity index (χ3n) is 3.94. The van der Waals surface area contributed by atoms with Gasteiger partial charge in [-0.3, -0.25) is 4.79 Å². The predicted octanol–water partition coefficient (Wildman–Crippen LogP) is 1.60. The summed E-state index contributed by atoms with van der Waals surface area (Å²) in [6.07, 6.45) is 4.10. The molecule has 2 heterocycles. The summed E-state index contributed by atoms with van der Waals surface area (Å²) in [5, 5.41) is 2.03. The van der Waals surface area contributed by atoms with Crippen LogP contribution in [-0.4, -0.2) is 10.4 Å². The van der Waals surface area contributed by atoms with E-state index in [1.54, 1.807) is 11.3 Å². The predicted molar refractivity (Wildman–Crippen MR) is 99.4 cm³/mol. The van der Waals surface area contributed by atoms with Crippen molar-refractivity contribution in [3.63, 3.8) is 0 Å². The Labute approximate surface area is 168 Å². The number of Topliss-reactive ketones (excluding diaryl/α,β-unsaturated/α-hetero) is 1. The molecule has 2 aromatic carbocycles. The lowest BCUT2D eigenvalue weighted by atomic mass is 10.1. The molecule has 6 heteroatoms. The van der Waals surface area contributed by atoms with Crippen LogP contribution in [0.25, 0.3) is 16.2 Å². The van der Waals surface area contributed by atoms with Crippen LogP contribution in [0, 0.1) is 0 Å². The van der Waals surface area contributed by atoms with Crippen LogP contribution in [0.2, 0.25) is 0 Å². The van der Waals surface area contributed by atoms with Crippen LogP contribution in [-0.2, 0) is 6.54 Å². The first-order chi connectivity index (χ1) is 11.7. The molecule has 2 aromatic heterocycles. The second-order valence-electron chi connectivity index (χ2n) is 5.49. The van der Waals surface area contributed by atoms with Gasteiger partial charge in [-0.2, -0.15) is 4.40 Å². The highest BCUT2D eigenvalue weighted by molar-refractivity contribution is 9.10. The van der Waals surface area contributed by atoms with Crippen LogP contribution in [0.5, 0.6) is 0 Å². The van der Waals surface area contributed by atoms with Crippen LogP contribution in [0.15, 0.2) is 76.8 Å². The minimum Gasteiger partial charge on any atom is -1.00 e. The summed E-state index contributed by atoms with van der Waals surface area (Å²) >= 11 is 5.04. The molecule has 0 unspecified atom stereocenters. The highest BCUT2D eigenvalue weighted by atomic mass is 79.9. The van der Waals surface area contributed by atoms with Gasteiger partial charge in [0.05, 0.1) is 0 Å². The van der Waals surface area contributed by atoms with E-state index in [0.717, 1.165) is 26.3 Å². The van der Waals surface area contributed by atoms with Gasteiger partial charge in [0.2, 0.25) is 5.78 Å². The van der Waals surface area contributed by atoms with Crippen molar-refractivity contribution in [3.05, 3.63) is 82.4 Å². The summed E-state index contributed by atoms with van der Waals surface area (Å²) < 4.78 is 5.13. The lowest BCUT2D eigenvalue weighted by Crippen LogP contribution is -3.00. The van der Waals surface area contributed by atoms with E-state index >= 15 is 0 Å². The Hall–Kier alpha value is -1.76. The maximum Gasteiger partial charge on any atom is 0.346 e. The molecule has 0 N–H and O–H groups in total. The molecule has 4 rings (SSSR count). The average Bonchev–Trinajstić information content (AvgIpc) is 3.19. The molecule has 25 heavy (non-hydrogen) atoms. The van der Waals surface area contributed by atoms with Crippen molar-refractivity contribution >= 4 is 38.0 Å². The molecular formula is C19H14Br2N2OS. The summed E-state index contributed by atoms with van der Waals surface area (Å²) in [5.41, 5.74) is 2.88. The standard InChI is InChI=1S/C19H14BrN2OS.BrH/c20-16-8-6-15(7-9-16)18(23)13-22-17(14-4-2-1-3-5-14)12-21-10-11-24-19(21)22;/h1-12H,13H2;1H/q+1;/p-1. The molecule has 0 saturated carbocycles. The van der Waals surface area contributed by atoms with Crippen molar-refractivity contribution in [2.45, 2.75) is 6.54 Å². The van der Waals surface area contributed by atoms with Crippen LogP contribution in [0.4, 0.5) is 0 Å². The number of halogens is 2. The van der Waals surface area contributed by atoms with Crippen LogP contribution < -0.4 is 21.4 Å². The molecular weight excluding hydrogens is 464 g/mol. The second-order valence-corrected chi connectivity index (χ2v) is 7.28. The van der Waals surface area contributed by atoms with Crippen molar-refractivity contribution in [2.24, 2.45) is 0 Å². The van der Waals surface area contributed by atoms with Crippen LogP contribution in [0.3, 0.4) is 0 Å². The fraction of sp³-hybridized carbons (Fsp3) is 0.0526. The molecule has 4 aromatic rings. The topological polar surface area (TPSA) is 26.1 Å². The molecule has 126 valence electrons. The molecule has 0 bridgehead atoms. The quantitative estimate of drug-likeness (QED) is 0.324. The Morgan fingerprint density at radius 1 is 1.08 bits per heavy atom. The summed E-state index contributed by atoms with van der Waals surface area (Å²) in [6.45, 7) is 0.322. The van der Waals surface area contributed by atoms with E-state index in [-0.39, 0.29) is 22.8 Å². The molecule has 3 nitrogen and oxygen atoms in total. The molecule has 0 spiro atoms. The Balaban J connectivity index is 0.00000182. The van der Waals surface area contributed by atoms with Gasteiger partial charge in [0, 0.05) is 21.0 Å². The molecule has 0 atom stereocenters. The minimum atomic E-state index is 0. The number of thiazole rings is 1. The van der Waals surface area contributed by atoms with Gasteiger partial charge in [0.15, 0.2) is 12.2 Å². The maximum absolute atomic E-state index is 12.7. The minimum absolute atomic E-state index is 0. The van der Waals surface area contributed by atoms with E-state index in [9.17, 15) is 4.79 Å². The highest BCUT2D eigenvalue weighted by Gasteiger charge is 2.23. The number of aromatic nitrogens is 2. The van der Waals surface area contributed by atoms with Crippen molar-refractivity contribution in [3.8, 4) is 11.3 Å². The Morgan fingerprint density at radius 3 is 2.52 bits per heavy atom. The van der Waals surface area contributed by atoms with E-state index in [2.05, 4.69) is 43.2 Å². The van der Waals surface area contributed by atoms with Crippen molar-refractivity contribution in [1.29, 1.82) is 0 Å². The zero-order valence-electron chi connectivity index (χ0n) is 13.1. The average molecular weight is 478 g/mol. The first kappa shape index (κ1) is 18.0. The fourth-order valence-electron chi connectivity index (χ4n) is 2.75. The Morgan fingerprint density at radius 2 is 1.80 bits per heavy atom. The van der Waals surface area contributed by atoms with Gasteiger partial charge in [-0.1, -0.05) is 69.7 Å². The molecule has 0 saturated heterocycles. The number of rotatable bonds is 4. The second kappa shape index (κ2) is 7.64. The van der Waals surface area contributed by atoms with E-state index in [0.29, 0.717) is 6.54 Å². The maximum atomic E-state index is 12.7. The SMILES string of the molecule is O=C(Cn1c(-c2ccccc2)c[n+]2ccsc12)c1ccc(Br)cc1.[Br-]. The van der Waals surface area contributed by atoms with Gasteiger partial charge in [0.1, 0.15) is 12.4 Å².